The van der Waals surface area contributed by atoms with Crippen LogP contribution in [0.4, 0.5) is 18.0 Å². The number of fused-ring (bicyclic) bond motifs is 2. The van der Waals surface area contributed by atoms with Gasteiger partial charge in [-0.2, -0.15) is 13.2 Å². The van der Waals surface area contributed by atoms with Crippen LogP contribution in [0.2, 0.25) is 0 Å². The summed E-state index contributed by atoms with van der Waals surface area (Å²) in [4.78, 5) is 13.6. The molecule has 0 bridgehead atoms. The zero-order chi connectivity index (χ0) is 17.8. The summed E-state index contributed by atoms with van der Waals surface area (Å²) in [5.74, 6) is -0.0675. The first-order chi connectivity index (χ1) is 11.0. The van der Waals surface area contributed by atoms with E-state index in [0.717, 1.165) is 12.1 Å². The number of aryl methyl sites for hydroxylation is 1. The van der Waals surface area contributed by atoms with Gasteiger partial charge in [0.2, 0.25) is 5.88 Å². The van der Waals surface area contributed by atoms with Gasteiger partial charge in [0, 0.05) is 31.1 Å². The van der Waals surface area contributed by atoms with Gasteiger partial charge in [0.25, 0.3) is 0 Å². The Morgan fingerprint density at radius 2 is 2.00 bits per heavy atom. The monoisotopic (exact) mass is 365 g/mol. The molecule has 0 N–H and O–H groups in total. The van der Waals surface area contributed by atoms with Crippen molar-refractivity contribution in [2.24, 2.45) is 0 Å². The lowest BCUT2D eigenvalue weighted by molar-refractivity contribution is -0.0371. The molecule has 1 aromatic rings. The van der Waals surface area contributed by atoms with E-state index in [4.69, 9.17) is 4.74 Å². The van der Waals surface area contributed by atoms with Crippen LogP contribution in [0.1, 0.15) is 32.9 Å². The van der Waals surface area contributed by atoms with Gasteiger partial charge in [-0.15, -0.1) is 5.10 Å². The Morgan fingerprint density at radius 1 is 1.33 bits per heavy atom. The molecule has 0 atom stereocenters. The van der Waals surface area contributed by atoms with Crippen LogP contribution in [0.5, 0.6) is 5.88 Å². The summed E-state index contributed by atoms with van der Waals surface area (Å²) < 4.78 is 48.2. The molecule has 6 nitrogen and oxygen atoms in total. The van der Waals surface area contributed by atoms with Gasteiger partial charge in [0.1, 0.15) is 5.60 Å². The lowest BCUT2D eigenvalue weighted by Gasteiger charge is -2.47. The van der Waals surface area contributed by atoms with E-state index in [9.17, 15) is 18.0 Å². The zero-order valence-electron chi connectivity index (χ0n) is 13.5. The highest BCUT2D eigenvalue weighted by Crippen LogP contribution is 2.44. The van der Waals surface area contributed by atoms with Crippen LogP contribution in [-0.2, 0) is 16.7 Å². The molecule has 0 aliphatic carbocycles. The largest absolute Gasteiger partial charge is 0.479 e. The Labute approximate surface area is 141 Å². The fraction of sp³-hybridized carbons (Fsp3) is 0.714. The van der Waals surface area contributed by atoms with Crippen molar-refractivity contribution in [1.29, 1.82) is 0 Å². The number of hydrogen-bond acceptors (Lipinski definition) is 5. The van der Waals surface area contributed by atoms with Crippen molar-refractivity contribution in [1.82, 2.24) is 14.7 Å². The van der Waals surface area contributed by atoms with Crippen molar-refractivity contribution in [2.75, 3.05) is 13.1 Å². The molecule has 2 aliphatic rings. The van der Waals surface area contributed by atoms with Gasteiger partial charge < -0.3 is 13.8 Å². The maximum Gasteiger partial charge on any atom is 0.479 e. The highest BCUT2D eigenvalue weighted by Gasteiger charge is 2.52. The average molecular weight is 365 g/mol. The summed E-state index contributed by atoms with van der Waals surface area (Å²) in [5, 5.41) is 4.04. The highest BCUT2D eigenvalue weighted by molar-refractivity contribution is 7.95. The maximum absolute atomic E-state index is 12.2. The summed E-state index contributed by atoms with van der Waals surface area (Å²) in [7, 11) is 0. The first kappa shape index (κ1) is 17.2. The third-order valence-electron chi connectivity index (χ3n) is 3.96. The Hall–Kier alpha value is -1.58. The third-order valence-corrected chi connectivity index (χ3v) is 4.41. The number of rotatable bonds is 2. The summed E-state index contributed by atoms with van der Waals surface area (Å²) in [6, 6.07) is 1.53. The second-order valence-electron chi connectivity index (χ2n) is 7.07. The Morgan fingerprint density at radius 3 is 2.58 bits per heavy atom. The van der Waals surface area contributed by atoms with Gasteiger partial charge in [0.05, 0.1) is 5.69 Å². The Bertz CT molecular complexity index is 648. The molecule has 3 rings (SSSR count). The molecule has 0 aromatic carbocycles. The number of carbonyl (C=O) groups excluding carboxylic acids is 1. The van der Waals surface area contributed by atoms with Gasteiger partial charge in [0.15, 0.2) is 12.0 Å². The lowest BCUT2D eigenvalue weighted by atomic mass is 9.76. The number of ether oxygens (including phenoxy) is 1. The molecule has 2 aliphatic heterocycles. The number of hydrogen-bond donors (Lipinski definition) is 0. The van der Waals surface area contributed by atoms with Gasteiger partial charge in [-0.1, -0.05) is 0 Å². The van der Waals surface area contributed by atoms with Crippen molar-refractivity contribution >= 4 is 18.1 Å². The summed E-state index contributed by atoms with van der Waals surface area (Å²) in [6.07, 6.45) is 0.414. The van der Waals surface area contributed by atoms with E-state index in [2.05, 4.69) is 9.28 Å². The van der Waals surface area contributed by atoms with E-state index in [1.165, 1.54) is 6.07 Å². The topological polar surface area (TPSA) is 56.6 Å². The first-order valence-electron chi connectivity index (χ1n) is 7.46. The molecule has 24 heavy (non-hydrogen) atoms. The molecule has 3 heterocycles. The lowest BCUT2D eigenvalue weighted by Crippen LogP contribution is -2.61. The standard InChI is InChI=1S/C14H18F3N3O3S/c1-12(2,3)22-11(21)19-7-13(8-19)4-5-20-9(13)6-10(18-20)23-24-14(15,16)17/h6H,4-5,7-8H2,1-3H3. The molecule has 0 unspecified atom stereocenters. The molecule has 1 fully saturated rings. The number of carbonyl (C=O) groups is 1. The van der Waals surface area contributed by atoms with E-state index in [1.807, 2.05) is 0 Å². The minimum atomic E-state index is -4.48. The van der Waals surface area contributed by atoms with E-state index in [-0.39, 0.29) is 17.4 Å². The Kier molecular flexibility index (Phi) is 3.93. The van der Waals surface area contributed by atoms with E-state index < -0.39 is 23.2 Å². The van der Waals surface area contributed by atoms with Crippen LogP contribution < -0.4 is 4.18 Å². The van der Waals surface area contributed by atoms with Crippen molar-refractivity contribution in [3.63, 3.8) is 0 Å². The maximum atomic E-state index is 12.2. The fourth-order valence-electron chi connectivity index (χ4n) is 3.03. The van der Waals surface area contributed by atoms with Crippen LogP contribution >= 0.6 is 12.0 Å². The molecule has 1 spiro atoms. The Balaban J connectivity index is 1.64. The smallest absolute Gasteiger partial charge is 0.444 e. The molecule has 0 radical (unpaired) electrons. The minimum absolute atomic E-state index is 0.0675. The molecular formula is C14H18F3N3O3S. The van der Waals surface area contributed by atoms with Gasteiger partial charge in [-0.25, -0.2) is 4.79 Å². The zero-order valence-corrected chi connectivity index (χ0v) is 14.3. The predicted octanol–water partition coefficient (Wildman–Crippen LogP) is 3.32. The second-order valence-corrected chi connectivity index (χ2v) is 7.87. The normalized spacial score (nSPS) is 19.2. The molecule has 134 valence electrons. The van der Waals surface area contributed by atoms with Crippen molar-refractivity contribution in [2.45, 2.75) is 50.3 Å². The molecule has 1 aromatic heterocycles. The summed E-state index contributed by atoms with van der Waals surface area (Å²) in [6.45, 7) is 6.93. The number of amides is 1. The number of aromatic nitrogens is 2. The second kappa shape index (κ2) is 5.47. The van der Waals surface area contributed by atoms with Crippen LogP contribution in [-0.4, -0.2) is 45.0 Å². The highest BCUT2D eigenvalue weighted by atomic mass is 32.2. The van der Waals surface area contributed by atoms with E-state index >= 15 is 0 Å². The van der Waals surface area contributed by atoms with Crippen molar-refractivity contribution in [3.8, 4) is 5.88 Å². The van der Waals surface area contributed by atoms with Crippen molar-refractivity contribution in [3.05, 3.63) is 11.8 Å². The first-order valence-corrected chi connectivity index (χ1v) is 8.20. The molecule has 10 heteroatoms. The number of alkyl halides is 3. The van der Waals surface area contributed by atoms with Crippen LogP contribution in [0.3, 0.4) is 0 Å². The van der Waals surface area contributed by atoms with Crippen LogP contribution in [0.15, 0.2) is 6.07 Å². The average Bonchev–Trinajstić information content (AvgIpc) is 2.88. The van der Waals surface area contributed by atoms with Gasteiger partial charge in [-0.05, 0) is 27.2 Å². The molecule has 1 amide bonds. The third kappa shape index (κ3) is 3.42. The molecule has 1 saturated heterocycles. The summed E-state index contributed by atoms with van der Waals surface area (Å²) in [5.41, 5.74) is -4.50. The van der Waals surface area contributed by atoms with Gasteiger partial charge in [-0.3, -0.25) is 4.68 Å². The molecule has 0 saturated carbocycles. The summed E-state index contributed by atoms with van der Waals surface area (Å²) >= 11 is -0.580. The predicted molar refractivity (Wildman–Crippen MR) is 80.6 cm³/mol. The number of nitrogens with zero attached hydrogens (tertiary/aromatic N) is 3. The molecular weight excluding hydrogens is 347 g/mol. The number of likely N-dealkylation sites (tertiary alicyclic amines) is 1. The van der Waals surface area contributed by atoms with E-state index in [0.29, 0.717) is 19.6 Å². The van der Waals surface area contributed by atoms with Gasteiger partial charge >= 0.3 is 11.6 Å². The number of halogens is 3. The quantitative estimate of drug-likeness (QED) is 0.753. The van der Waals surface area contributed by atoms with Crippen molar-refractivity contribution < 1.29 is 26.9 Å². The van der Waals surface area contributed by atoms with Crippen LogP contribution in [0, 0.1) is 0 Å². The fourth-order valence-corrected chi connectivity index (χ4v) is 3.29. The van der Waals surface area contributed by atoms with Crippen LogP contribution in [0.25, 0.3) is 0 Å². The SMILES string of the molecule is CC(C)(C)OC(=O)N1CC2(CCn3nc(OSC(F)(F)F)cc32)C1. The minimum Gasteiger partial charge on any atom is -0.444 e. The van der Waals surface area contributed by atoms with E-state index in [1.54, 1.807) is 30.4 Å².